The van der Waals surface area contributed by atoms with Crippen LogP contribution in [0.15, 0.2) is 12.2 Å². The summed E-state index contributed by atoms with van der Waals surface area (Å²) < 4.78 is 27.0. The first-order chi connectivity index (χ1) is 8.54. The third kappa shape index (κ3) is 9.75. The molecule has 0 bridgehead atoms. The van der Waals surface area contributed by atoms with Crippen LogP contribution >= 0.6 is 0 Å². The summed E-state index contributed by atoms with van der Waals surface area (Å²) in [6.07, 6.45) is 0.479. The molecule has 108 valence electrons. The molecule has 0 fully saturated rings. The summed E-state index contributed by atoms with van der Waals surface area (Å²) in [5.41, 5.74) is 0.986. The molecule has 0 unspecified atom stereocenters. The fourth-order valence-electron chi connectivity index (χ4n) is 1.22. The first kappa shape index (κ1) is 17.8. The molecule has 0 saturated carbocycles. The molecule has 18 heavy (non-hydrogen) atoms. The van der Waals surface area contributed by atoms with E-state index in [0.717, 1.165) is 5.57 Å². The number of hydrogen-bond donors (Lipinski definition) is 0. The Bertz CT molecular complexity index is 213. The van der Waals surface area contributed by atoms with Crippen LogP contribution in [0.25, 0.3) is 0 Å². The Hall–Kier alpha value is -0.243. The predicted molar refractivity (Wildman–Crippen MR) is 72.9 cm³/mol. The average Bonchev–Trinajstić information content (AvgIpc) is 2.29. The third-order valence-corrected chi connectivity index (χ3v) is 4.46. The highest BCUT2D eigenvalue weighted by Crippen LogP contribution is 2.09. The van der Waals surface area contributed by atoms with E-state index in [1.54, 1.807) is 14.2 Å². The summed E-state index contributed by atoms with van der Waals surface area (Å²) in [5.74, 6) is 0. The van der Waals surface area contributed by atoms with Gasteiger partial charge in [0.1, 0.15) is 0 Å². The van der Waals surface area contributed by atoms with E-state index < -0.39 is 8.56 Å². The summed E-state index contributed by atoms with van der Waals surface area (Å²) >= 11 is 0. The van der Waals surface area contributed by atoms with Crippen LogP contribution in [-0.2, 0) is 23.1 Å². The van der Waals surface area contributed by atoms with Crippen LogP contribution in [0.3, 0.4) is 0 Å². The Morgan fingerprint density at radius 1 is 1.00 bits per heavy atom. The molecular formula is C12H26O5Si. The smallest absolute Gasteiger partial charge is 0.361 e. The molecule has 6 heteroatoms. The van der Waals surface area contributed by atoms with Gasteiger partial charge in [-0.05, 0) is 13.5 Å². The Labute approximate surface area is 111 Å². The van der Waals surface area contributed by atoms with E-state index in [0.29, 0.717) is 39.3 Å². The lowest BCUT2D eigenvalue weighted by Crippen LogP contribution is -2.46. The fourth-order valence-corrected chi connectivity index (χ4v) is 2.97. The van der Waals surface area contributed by atoms with Crippen LogP contribution in [0.4, 0.5) is 0 Å². The fraction of sp³-hybridized carbons (Fsp3) is 0.833. The number of hydrogen-bond acceptors (Lipinski definition) is 5. The summed E-state index contributed by atoms with van der Waals surface area (Å²) in [6.45, 7) is 10.4. The van der Waals surface area contributed by atoms with E-state index in [2.05, 4.69) is 6.58 Å². The number of rotatable bonds is 12. The minimum absolute atomic E-state index is 0.479. The van der Waals surface area contributed by atoms with Gasteiger partial charge in [-0.3, -0.25) is 0 Å². The van der Waals surface area contributed by atoms with E-state index in [4.69, 9.17) is 23.1 Å². The van der Waals surface area contributed by atoms with Crippen LogP contribution in [0, 0.1) is 0 Å². The van der Waals surface area contributed by atoms with Crippen molar-refractivity contribution in [3.05, 3.63) is 12.2 Å². The van der Waals surface area contributed by atoms with Gasteiger partial charge in [-0.15, -0.1) is 0 Å². The lowest BCUT2D eigenvalue weighted by molar-refractivity contribution is 0.0675. The highest BCUT2D eigenvalue weighted by molar-refractivity contribution is 6.65. The lowest BCUT2D eigenvalue weighted by Gasteiger charge is -2.26. The quantitative estimate of drug-likeness (QED) is 0.308. The van der Waals surface area contributed by atoms with Crippen molar-refractivity contribution in [2.75, 3.05) is 53.5 Å². The Balaban J connectivity index is 4.06. The van der Waals surface area contributed by atoms with Crippen molar-refractivity contribution in [3.8, 4) is 0 Å². The molecule has 0 spiro atoms. The van der Waals surface area contributed by atoms with E-state index in [1.807, 2.05) is 13.5 Å². The molecule has 0 atom stereocenters. The van der Waals surface area contributed by atoms with Crippen LogP contribution in [0.2, 0.25) is 6.55 Å². The van der Waals surface area contributed by atoms with Gasteiger partial charge in [0.15, 0.2) is 0 Å². The SMILES string of the molecule is C=C(C)COC[Si](C)(OCCOC)OCCOC. The lowest BCUT2D eigenvalue weighted by atomic mass is 10.4. The van der Waals surface area contributed by atoms with Crippen LogP contribution in [-0.4, -0.2) is 62.0 Å². The molecule has 0 aliphatic heterocycles. The average molecular weight is 278 g/mol. The molecule has 0 radical (unpaired) electrons. The zero-order valence-corrected chi connectivity index (χ0v) is 13.0. The molecule has 0 aromatic heterocycles. The largest absolute Gasteiger partial charge is 0.391 e. The van der Waals surface area contributed by atoms with Gasteiger partial charge in [0, 0.05) is 14.2 Å². The van der Waals surface area contributed by atoms with Crippen molar-refractivity contribution < 1.29 is 23.1 Å². The van der Waals surface area contributed by atoms with E-state index in [9.17, 15) is 0 Å². The molecule has 0 aromatic carbocycles. The summed E-state index contributed by atoms with van der Waals surface area (Å²) in [5, 5.41) is 0. The standard InChI is InChI=1S/C12H26O5Si/c1-12(2)10-15-11-18(5,16-8-6-13-3)17-9-7-14-4/h1,6-11H2,2-5H3. The maximum atomic E-state index is 5.78. The second kappa shape index (κ2) is 10.7. The molecule has 5 nitrogen and oxygen atoms in total. The number of methoxy groups -OCH3 is 2. The zero-order chi connectivity index (χ0) is 13.9. The van der Waals surface area contributed by atoms with Crippen molar-refractivity contribution in [2.45, 2.75) is 13.5 Å². The van der Waals surface area contributed by atoms with Crippen molar-refractivity contribution in [1.29, 1.82) is 0 Å². The van der Waals surface area contributed by atoms with Crippen molar-refractivity contribution >= 4 is 8.56 Å². The minimum Gasteiger partial charge on any atom is -0.391 e. The molecule has 0 aliphatic carbocycles. The van der Waals surface area contributed by atoms with Gasteiger partial charge in [0.25, 0.3) is 0 Å². The van der Waals surface area contributed by atoms with Crippen molar-refractivity contribution in [2.24, 2.45) is 0 Å². The normalized spacial score (nSPS) is 11.8. The van der Waals surface area contributed by atoms with Gasteiger partial charge in [-0.1, -0.05) is 12.2 Å². The van der Waals surface area contributed by atoms with Crippen LogP contribution in [0.5, 0.6) is 0 Å². The van der Waals surface area contributed by atoms with Gasteiger partial charge in [0.2, 0.25) is 0 Å². The van der Waals surface area contributed by atoms with Crippen molar-refractivity contribution in [1.82, 2.24) is 0 Å². The molecular weight excluding hydrogens is 252 g/mol. The maximum Gasteiger partial charge on any atom is 0.361 e. The first-order valence-electron chi connectivity index (χ1n) is 6.02. The minimum atomic E-state index is -2.31. The Morgan fingerprint density at radius 3 is 1.89 bits per heavy atom. The second-order valence-corrected chi connectivity index (χ2v) is 7.40. The molecule has 0 N–H and O–H groups in total. The van der Waals surface area contributed by atoms with Gasteiger partial charge in [0.05, 0.1) is 39.3 Å². The third-order valence-electron chi connectivity index (χ3n) is 2.10. The van der Waals surface area contributed by atoms with Gasteiger partial charge in [-0.25, -0.2) is 0 Å². The Morgan fingerprint density at radius 2 is 1.50 bits per heavy atom. The summed E-state index contributed by atoms with van der Waals surface area (Å²) in [6, 6.07) is 0. The summed E-state index contributed by atoms with van der Waals surface area (Å²) in [4.78, 5) is 0. The molecule has 0 aromatic rings. The van der Waals surface area contributed by atoms with Gasteiger partial charge < -0.3 is 23.1 Å². The number of ether oxygens (including phenoxy) is 3. The monoisotopic (exact) mass is 278 g/mol. The van der Waals surface area contributed by atoms with Crippen LogP contribution < -0.4 is 0 Å². The van der Waals surface area contributed by atoms with E-state index >= 15 is 0 Å². The molecule has 0 heterocycles. The van der Waals surface area contributed by atoms with Gasteiger partial charge in [-0.2, -0.15) is 0 Å². The summed E-state index contributed by atoms with van der Waals surface area (Å²) in [7, 11) is 0.975. The second-order valence-electron chi connectivity index (χ2n) is 4.27. The predicted octanol–water partition coefficient (Wildman–Crippen LogP) is 1.52. The molecule has 0 saturated heterocycles. The van der Waals surface area contributed by atoms with E-state index in [1.165, 1.54) is 0 Å². The van der Waals surface area contributed by atoms with Crippen LogP contribution in [0.1, 0.15) is 6.92 Å². The molecule has 0 aliphatic rings. The molecule has 0 amide bonds. The van der Waals surface area contributed by atoms with Crippen molar-refractivity contribution in [3.63, 3.8) is 0 Å². The molecule has 0 rings (SSSR count). The van der Waals surface area contributed by atoms with E-state index in [-0.39, 0.29) is 0 Å². The first-order valence-corrected chi connectivity index (χ1v) is 8.54. The van der Waals surface area contributed by atoms with Gasteiger partial charge >= 0.3 is 8.56 Å². The maximum absolute atomic E-state index is 5.78. The highest BCUT2D eigenvalue weighted by atomic mass is 28.4. The zero-order valence-electron chi connectivity index (χ0n) is 12.0. The topological polar surface area (TPSA) is 46.2 Å². The highest BCUT2D eigenvalue weighted by Gasteiger charge is 2.32. The Kier molecular flexibility index (Phi) is 10.5.